The SMILES string of the molecule is CC(=O)N[C@H]1[C@H]([C@H](O)[C@H](O)CNC(=O)c2ccc(-c3ccccc3)cc2)O[C@](C=O)(CCCCSCCNC(=O)c2ccc(C(=O)CCCSCCCC[C@]3(C(=O)O)C[C@H](O)[C@@H](NC(C)=O)[C@H]([C@H](O)[C@H](O)CNC(=O)c4ccc(-c5ccccc5)cc4)O3)cc2)C[C@@H]1O. The molecule has 2 aliphatic heterocycles. The van der Waals surface area contributed by atoms with E-state index in [0.29, 0.717) is 90.2 Å². The van der Waals surface area contributed by atoms with Crippen molar-refractivity contribution < 1.29 is 83.6 Å². The topological polar surface area (TPSA) is 357 Å². The van der Waals surface area contributed by atoms with Crippen LogP contribution in [0.1, 0.15) is 119 Å². The minimum atomic E-state index is -1.97. The number of carboxylic acids is 1. The molecule has 2 heterocycles. The molecule has 0 bridgehead atoms. The van der Waals surface area contributed by atoms with Gasteiger partial charge in [-0.05, 0) is 121 Å². The second kappa shape index (κ2) is 35.8. The maximum Gasteiger partial charge on any atom is 0.336 e. The van der Waals surface area contributed by atoms with E-state index in [4.69, 9.17) is 9.47 Å². The van der Waals surface area contributed by atoms with Gasteiger partial charge in [0.2, 0.25) is 11.8 Å². The van der Waals surface area contributed by atoms with Crippen LogP contribution < -0.4 is 26.6 Å². The van der Waals surface area contributed by atoms with E-state index >= 15 is 0 Å². The maximum absolute atomic E-state index is 13.1. The molecule has 0 radical (unpaired) electrons. The first-order chi connectivity index (χ1) is 44.6. The summed E-state index contributed by atoms with van der Waals surface area (Å²) < 4.78 is 12.3. The largest absolute Gasteiger partial charge is 0.479 e. The van der Waals surface area contributed by atoms with E-state index < -0.39 is 121 Å². The molecule has 0 aromatic heterocycles. The number of benzene rings is 5. The third-order valence-corrected chi connectivity index (χ3v) is 18.8. The third kappa shape index (κ3) is 21.1. The number of aliphatic hydroxyl groups is 6. The van der Waals surface area contributed by atoms with Crippen LogP contribution in [0.15, 0.2) is 133 Å². The summed E-state index contributed by atoms with van der Waals surface area (Å²) in [5.41, 5.74) is 1.68. The monoisotopic (exact) mass is 1320 g/mol. The van der Waals surface area contributed by atoms with Gasteiger partial charge in [-0.15, -0.1) is 0 Å². The Hall–Kier alpha value is -7.36. The lowest BCUT2D eigenvalue weighted by atomic mass is 9.81. The Morgan fingerprint density at radius 3 is 1.40 bits per heavy atom. The van der Waals surface area contributed by atoms with Crippen molar-refractivity contribution in [1.82, 2.24) is 26.6 Å². The lowest BCUT2D eigenvalue weighted by Crippen LogP contribution is -2.67. The number of hydrogen-bond donors (Lipinski definition) is 12. The fourth-order valence-electron chi connectivity index (χ4n) is 11.5. The molecule has 500 valence electrons. The Labute approximate surface area is 549 Å². The van der Waals surface area contributed by atoms with Crippen LogP contribution >= 0.6 is 23.5 Å². The highest BCUT2D eigenvalue weighted by Crippen LogP contribution is 2.38. The summed E-state index contributed by atoms with van der Waals surface area (Å²) in [6, 6.07) is 36.8. The summed E-state index contributed by atoms with van der Waals surface area (Å²) in [4.78, 5) is 102. The predicted octanol–water partition coefficient (Wildman–Crippen LogP) is 4.89. The second-order valence-electron chi connectivity index (χ2n) is 23.6. The predicted molar refractivity (Wildman–Crippen MR) is 353 cm³/mol. The van der Waals surface area contributed by atoms with Crippen LogP contribution in [0.25, 0.3) is 22.3 Å². The molecule has 0 aliphatic carbocycles. The standard InChI is InChI=1S/C69H85N5O17S2/c1-43(76)73-58-54(79)38-68(42-75,90-62(58)60(83)56(81)40-71-65(86)51-25-19-47(20-26-51)45-14-5-3-6-15-45)31-9-11-35-93-37-33-70-64(85)50-29-23-49(24-30-50)53(78)18-13-36-92-34-12-10-32-69(67(88)89)39-55(80)59(74-44(2)77)63(91-69)61(84)57(82)41-72-66(87)52-27-21-48(22-28-52)46-16-7-4-8-17-46/h3-8,14-17,19-30,42,54-63,79-84H,9-13,18,31-41H2,1-2H3,(H,70,85)(H,71,86)(H,72,87)(H,73,76)(H,74,77)(H,88,89)/t54-,55-,56+,57+,58+,59+,60+,61+,62+,63+,68+,69+/m0/s1. The van der Waals surface area contributed by atoms with Crippen LogP contribution in [0, 0.1) is 0 Å². The van der Waals surface area contributed by atoms with Gasteiger partial charge in [0.25, 0.3) is 17.7 Å². The molecule has 22 nitrogen and oxygen atoms in total. The first kappa shape index (κ1) is 73.1. The molecule has 0 spiro atoms. The molecule has 12 N–H and O–H groups in total. The molecule has 2 aliphatic rings. The van der Waals surface area contributed by atoms with E-state index in [0.717, 1.165) is 22.3 Å². The van der Waals surface area contributed by atoms with E-state index in [-0.39, 0.29) is 37.4 Å². The van der Waals surface area contributed by atoms with Gasteiger partial charge in [0, 0.05) is 80.8 Å². The fourth-order valence-corrected chi connectivity index (χ4v) is 13.3. The van der Waals surface area contributed by atoms with Crippen molar-refractivity contribution >= 4 is 71.1 Å². The number of thioether (sulfide) groups is 2. The number of nitrogens with one attached hydrogen (secondary N) is 5. The highest BCUT2D eigenvalue weighted by molar-refractivity contribution is 7.99. The minimum Gasteiger partial charge on any atom is -0.479 e. The van der Waals surface area contributed by atoms with Crippen molar-refractivity contribution in [3.63, 3.8) is 0 Å². The smallest absolute Gasteiger partial charge is 0.336 e. The number of hydrogen-bond acceptors (Lipinski definition) is 18. The summed E-state index contributed by atoms with van der Waals surface area (Å²) in [6.07, 6.45) is -9.64. The third-order valence-electron chi connectivity index (χ3n) is 16.6. The lowest BCUT2D eigenvalue weighted by molar-refractivity contribution is -0.229. The van der Waals surface area contributed by atoms with Gasteiger partial charge in [-0.2, -0.15) is 23.5 Å². The molecule has 5 aromatic rings. The fraction of sp³-hybridized carbons (Fsp3) is 0.449. The molecular weight excluding hydrogens is 1230 g/mol. The number of ketones is 1. The van der Waals surface area contributed by atoms with Gasteiger partial charge in [0.05, 0.1) is 36.5 Å². The summed E-state index contributed by atoms with van der Waals surface area (Å²) in [5, 5.41) is 90.9. The van der Waals surface area contributed by atoms with E-state index in [1.807, 2.05) is 60.7 Å². The minimum absolute atomic E-state index is 0.0567. The Kier molecular flexibility index (Phi) is 28.1. The molecule has 5 amide bonds. The van der Waals surface area contributed by atoms with Crippen LogP contribution in [-0.2, 0) is 28.7 Å². The normalized spacial score (nSPS) is 22.4. The Bertz CT molecular complexity index is 3260. The number of unbranched alkanes of at least 4 members (excludes halogenated alkanes) is 2. The molecule has 24 heteroatoms. The van der Waals surface area contributed by atoms with Gasteiger partial charge in [-0.1, -0.05) is 97.1 Å². The lowest BCUT2D eigenvalue weighted by Gasteiger charge is -2.47. The van der Waals surface area contributed by atoms with E-state index in [1.54, 1.807) is 96.3 Å². The number of carbonyl (C=O) groups excluding carboxylic acids is 7. The summed E-state index contributed by atoms with van der Waals surface area (Å²) >= 11 is 3.15. The van der Waals surface area contributed by atoms with Crippen molar-refractivity contribution in [2.24, 2.45) is 0 Å². The molecule has 2 fully saturated rings. The number of aliphatic carboxylic acids is 1. The quantitative estimate of drug-likeness (QED) is 0.0146. The number of ether oxygens (including phenoxy) is 2. The first-order valence-corrected chi connectivity index (χ1v) is 33.6. The van der Waals surface area contributed by atoms with Crippen LogP contribution in [-0.4, -0.2) is 198 Å². The van der Waals surface area contributed by atoms with Crippen molar-refractivity contribution in [2.75, 3.05) is 42.6 Å². The van der Waals surface area contributed by atoms with Crippen molar-refractivity contribution in [2.45, 2.75) is 150 Å². The van der Waals surface area contributed by atoms with E-state index in [1.165, 1.54) is 13.8 Å². The zero-order chi connectivity index (χ0) is 67.1. The van der Waals surface area contributed by atoms with Crippen molar-refractivity contribution in [1.29, 1.82) is 0 Å². The van der Waals surface area contributed by atoms with Crippen LogP contribution in [0.4, 0.5) is 0 Å². The zero-order valence-electron chi connectivity index (χ0n) is 52.1. The van der Waals surface area contributed by atoms with Crippen LogP contribution in [0.2, 0.25) is 0 Å². The average Bonchev–Trinajstić information content (AvgIpc) is 0.822. The Balaban J connectivity index is 0.765. The Morgan fingerprint density at radius 1 is 0.516 bits per heavy atom. The highest BCUT2D eigenvalue weighted by Gasteiger charge is 2.54. The van der Waals surface area contributed by atoms with Gasteiger partial charge in [0.1, 0.15) is 30.0 Å². The molecule has 5 aromatic carbocycles. The number of carbonyl (C=O) groups is 8. The molecule has 2 saturated heterocycles. The highest BCUT2D eigenvalue weighted by atomic mass is 32.2. The molecule has 93 heavy (non-hydrogen) atoms. The molecular formula is C69H85N5O17S2. The number of Topliss-reactive ketones (excluding diaryl/α,β-unsaturated/α-hetero) is 1. The van der Waals surface area contributed by atoms with Crippen LogP contribution in [0.3, 0.4) is 0 Å². The number of aliphatic hydroxyl groups excluding tert-OH is 6. The first-order valence-electron chi connectivity index (χ1n) is 31.3. The van der Waals surface area contributed by atoms with Crippen molar-refractivity contribution in [3.8, 4) is 22.3 Å². The number of amides is 5. The van der Waals surface area contributed by atoms with Crippen LogP contribution in [0.5, 0.6) is 0 Å². The van der Waals surface area contributed by atoms with Gasteiger partial charge >= 0.3 is 5.97 Å². The van der Waals surface area contributed by atoms with Gasteiger partial charge in [0.15, 0.2) is 17.7 Å². The average molecular weight is 1320 g/mol. The maximum atomic E-state index is 13.1. The summed E-state index contributed by atoms with van der Waals surface area (Å²) in [7, 11) is 0. The summed E-state index contributed by atoms with van der Waals surface area (Å²) in [6.45, 7) is 1.92. The molecule has 0 unspecified atom stereocenters. The van der Waals surface area contributed by atoms with Gasteiger partial charge in [-0.25, -0.2) is 4.79 Å². The summed E-state index contributed by atoms with van der Waals surface area (Å²) in [5.74, 6) is -1.44. The number of aldehydes is 1. The van der Waals surface area contributed by atoms with E-state index in [2.05, 4.69) is 26.6 Å². The molecule has 7 rings (SSSR count). The Morgan fingerprint density at radius 2 is 0.925 bits per heavy atom. The van der Waals surface area contributed by atoms with Crippen molar-refractivity contribution in [3.05, 3.63) is 156 Å². The number of carboxylic acid groups (broad SMARTS) is 1. The number of rotatable bonds is 35. The second-order valence-corrected chi connectivity index (χ2v) is 26.0. The van der Waals surface area contributed by atoms with E-state index in [9.17, 15) is 74.1 Å². The molecule has 0 saturated carbocycles. The van der Waals surface area contributed by atoms with Gasteiger partial charge in [-0.3, -0.25) is 28.8 Å². The molecule has 12 atom stereocenters. The zero-order valence-corrected chi connectivity index (χ0v) is 53.7. The van der Waals surface area contributed by atoms with Gasteiger partial charge < -0.3 is 76.6 Å².